The van der Waals surface area contributed by atoms with Gasteiger partial charge in [0.15, 0.2) is 0 Å². The summed E-state index contributed by atoms with van der Waals surface area (Å²) in [5.41, 5.74) is 2.32. The molecule has 0 aliphatic heterocycles. The van der Waals surface area contributed by atoms with Gasteiger partial charge in [-0.3, -0.25) is 4.79 Å². The largest absolute Gasteiger partial charge is 0.320 e. The molecule has 0 amide bonds. The van der Waals surface area contributed by atoms with Gasteiger partial charge in [-0.15, -0.1) is 0 Å². The number of imidazole rings is 1. The first-order valence-electron chi connectivity index (χ1n) is 7.88. The average Bonchev–Trinajstić information content (AvgIpc) is 3.22. The van der Waals surface area contributed by atoms with E-state index in [0.29, 0.717) is 12.2 Å². The number of benzene rings is 1. The van der Waals surface area contributed by atoms with E-state index in [1.165, 1.54) is 5.57 Å². The highest BCUT2D eigenvalue weighted by molar-refractivity contribution is 7.99. The average molecular weight is 324 g/mol. The quantitative estimate of drug-likeness (QED) is 0.718. The lowest BCUT2D eigenvalue weighted by atomic mass is 10.1. The zero-order valence-electron chi connectivity index (χ0n) is 13.2. The van der Waals surface area contributed by atoms with Crippen LogP contribution < -0.4 is 0 Å². The summed E-state index contributed by atoms with van der Waals surface area (Å²) in [5, 5.41) is 1.07. The zero-order chi connectivity index (χ0) is 16.1. The van der Waals surface area contributed by atoms with Crippen LogP contribution in [0.3, 0.4) is 0 Å². The molecule has 2 aromatic rings. The molecule has 0 saturated heterocycles. The first-order valence-corrected chi connectivity index (χ1v) is 8.86. The van der Waals surface area contributed by atoms with E-state index in [2.05, 4.69) is 34.7 Å². The molecule has 3 nitrogen and oxygen atoms in total. The monoisotopic (exact) mass is 324 g/mol. The second-order valence-corrected chi connectivity index (χ2v) is 6.47. The van der Waals surface area contributed by atoms with Crippen molar-refractivity contribution in [3.63, 3.8) is 0 Å². The van der Waals surface area contributed by atoms with E-state index in [1.54, 1.807) is 11.8 Å². The summed E-state index contributed by atoms with van der Waals surface area (Å²) in [7, 11) is 0. The highest BCUT2D eigenvalue weighted by Gasteiger charge is 2.15. The number of aromatic nitrogens is 2. The van der Waals surface area contributed by atoms with Gasteiger partial charge in [-0.2, -0.15) is 0 Å². The predicted molar refractivity (Wildman–Crippen MR) is 95.5 cm³/mol. The number of rotatable bonds is 7. The Balaban J connectivity index is 1.63. The second-order valence-electron chi connectivity index (χ2n) is 5.48. The van der Waals surface area contributed by atoms with E-state index >= 15 is 0 Å². The summed E-state index contributed by atoms with van der Waals surface area (Å²) >= 11 is 1.58. The van der Waals surface area contributed by atoms with Gasteiger partial charge >= 0.3 is 0 Å². The molecule has 0 N–H and O–H groups in total. The van der Waals surface area contributed by atoms with Crippen molar-refractivity contribution in [1.29, 1.82) is 0 Å². The molecule has 1 heterocycles. The molecule has 1 aromatic carbocycles. The van der Waals surface area contributed by atoms with Crippen LogP contribution >= 0.6 is 11.8 Å². The topological polar surface area (TPSA) is 34.9 Å². The standard InChI is InChI=1S/C19H20N2OS/c1-2-21-18(13-20-19(21)16-10-6-7-11-16)23-14-17(22)12-15-8-4-3-5-9-15/h3-10,13H,2,11-12,14H2,1H3. The number of nitrogens with zero attached hydrogens (tertiary/aromatic N) is 2. The van der Waals surface area contributed by atoms with Crippen molar-refractivity contribution in [2.75, 3.05) is 5.75 Å². The third-order valence-electron chi connectivity index (χ3n) is 3.82. The van der Waals surface area contributed by atoms with Crippen LogP contribution in [0.25, 0.3) is 5.57 Å². The molecule has 0 spiro atoms. The van der Waals surface area contributed by atoms with Gasteiger partial charge in [0, 0.05) is 13.0 Å². The third kappa shape index (κ3) is 3.82. The van der Waals surface area contributed by atoms with Gasteiger partial charge in [0.05, 0.1) is 17.0 Å². The lowest BCUT2D eigenvalue weighted by molar-refractivity contribution is -0.116. The van der Waals surface area contributed by atoms with E-state index in [0.717, 1.165) is 29.4 Å². The van der Waals surface area contributed by atoms with Gasteiger partial charge in [0.2, 0.25) is 0 Å². The van der Waals surface area contributed by atoms with Crippen molar-refractivity contribution < 1.29 is 4.79 Å². The van der Waals surface area contributed by atoms with E-state index < -0.39 is 0 Å². The molecule has 1 aliphatic carbocycles. The van der Waals surface area contributed by atoms with Crippen molar-refractivity contribution in [1.82, 2.24) is 9.55 Å². The molecular formula is C19H20N2OS. The number of Topliss-reactive ketones (excluding diaryl/α,β-unsaturated/α-hetero) is 1. The van der Waals surface area contributed by atoms with Crippen LogP contribution in [0.5, 0.6) is 0 Å². The summed E-state index contributed by atoms with van der Waals surface area (Å²) in [6.07, 6.45) is 9.65. The van der Waals surface area contributed by atoms with Gasteiger partial charge in [0.25, 0.3) is 0 Å². The zero-order valence-corrected chi connectivity index (χ0v) is 14.1. The smallest absolute Gasteiger partial charge is 0.147 e. The Bertz CT molecular complexity index is 744. The normalized spacial score (nSPS) is 13.3. The van der Waals surface area contributed by atoms with Crippen molar-refractivity contribution in [2.24, 2.45) is 0 Å². The van der Waals surface area contributed by atoms with E-state index in [1.807, 2.05) is 36.5 Å². The fourth-order valence-electron chi connectivity index (χ4n) is 2.68. The van der Waals surface area contributed by atoms with Crippen molar-refractivity contribution in [3.05, 3.63) is 66.1 Å². The van der Waals surface area contributed by atoms with Gasteiger partial charge < -0.3 is 4.57 Å². The highest BCUT2D eigenvalue weighted by atomic mass is 32.2. The van der Waals surface area contributed by atoms with Crippen LogP contribution in [0, 0.1) is 0 Å². The van der Waals surface area contributed by atoms with Crippen LogP contribution in [0.2, 0.25) is 0 Å². The van der Waals surface area contributed by atoms with Gasteiger partial charge in [-0.25, -0.2) is 4.98 Å². The molecule has 23 heavy (non-hydrogen) atoms. The van der Waals surface area contributed by atoms with Crippen LogP contribution in [0.15, 0.2) is 59.8 Å². The van der Waals surface area contributed by atoms with Crippen molar-refractivity contribution in [3.8, 4) is 0 Å². The lowest BCUT2D eigenvalue weighted by Gasteiger charge is -2.09. The van der Waals surface area contributed by atoms with E-state index in [-0.39, 0.29) is 5.78 Å². The number of carbonyl (C=O) groups is 1. The SMILES string of the molecule is CCn1c(SCC(=O)Cc2ccccc2)cnc1C1=CC=CC1. The first-order chi connectivity index (χ1) is 11.3. The van der Waals surface area contributed by atoms with Gasteiger partial charge in [0.1, 0.15) is 11.6 Å². The van der Waals surface area contributed by atoms with E-state index in [9.17, 15) is 4.79 Å². The number of ketones is 1. The Labute approximate surface area is 141 Å². The summed E-state index contributed by atoms with van der Waals surface area (Å²) in [6.45, 7) is 2.98. The van der Waals surface area contributed by atoms with Crippen molar-refractivity contribution in [2.45, 2.75) is 31.3 Å². The summed E-state index contributed by atoms with van der Waals surface area (Å²) in [6, 6.07) is 9.90. The molecule has 0 radical (unpaired) electrons. The molecule has 0 atom stereocenters. The fourth-order valence-corrected chi connectivity index (χ4v) is 3.59. The first kappa shape index (κ1) is 15.8. The Morgan fingerprint density at radius 1 is 1.30 bits per heavy atom. The highest BCUT2D eigenvalue weighted by Crippen LogP contribution is 2.27. The predicted octanol–water partition coefficient (Wildman–Crippen LogP) is 4.15. The molecule has 3 rings (SSSR count). The molecule has 0 fully saturated rings. The third-order valence-corrected chi connectivity index (χ3v) is 4.91. The number of carbonyl (C=O) groups excluding carboxylic acids is 1. The Kier molecular flexibility index (Phi) is 5.13. The lowest BCUT2D eigenvalue weighted by Crippen LogP contribution is -2.07. The van der Waals surface area contributed by atoms with Crippen LogP contribution in [0.4, 0.5) is 0 Å². The van der Waals surface area contributed by atoms with Crippen LogP contribution in [0.1, 0.15) is 24.7 Å². The summed E-state index contributed by atoms with van der Waals surface area (Å²) in [4.78, 5) is 16.7. The molecule has 0 saturated carbocycles. The minimum Gasteiger partial charge on any atom is -0.320 e. The minimum absolute atomic E-state index is 0.244. The molecular weight excluding hydrogens is 304 g/mol. The van der Waals surface area contributed by atoms with Crippen LogP contribution in [-0.2, 0) is 17.8 Å². The van der Waals surface area contributed by atoms with Crippen molar-refractivity contribution >= 4 is 23.1 Å². The maximum atomic E-state index is 12.2. The Morgan fingerprint density at radius 2 is 2.13 bits per heavy atom. The molecule has 4 heteroatoms. The molecule has 118 valence electrons. The summed E-state index contributed by atoms with van der Waals surface area (Å²) in [5.74, 6) is 1.75. The Hall–Kier alpha value is -2.07. The molecule has 1 aliphatic rings. The maximum Gasteiger partial charge on any atom is 0.147 e. The Morgan fingerprint density at radius 3 is 2.83 bits per heavy atom. The minimum atomic E-state index is 0.244. The number of thioether (sulfide) groups is 1. The molecule has 1 aromatic heterocycles. The van der Waals surface area contributed by atoms with E-state index in [4.69, 9.17) is 0 Å². The van der Waals surface area contributed by atoms with Gasteiger partial charge in [-0.1, -0.05) is 60.3 Å². The number of allylic oxidation sites excluding steroid dienone is 4. The number of hydrogen-bond acceptors (Lipinski definition) is 3. The molecule has 0 unspecified atom stereocenters. The van der Waals surface area contributed by atoms with Crippen LogP contribution in [-0.4, -0.2) is 21.1 Å². The second kappa shape index (κ2) is 7.47. The fraction of sp³-hybridized carbons (Fsp3) is 0.263. The van der Waals surface area contributed by atoms with Gasteiger partial charge in [-0.05, 0) is 24.5 Å². The number of hydrogen-bond donors (Lipinski definition) is 0. The molecule has 0 bridgehead atoms. The summed E-state index contributed by atoms with van der Waals surface area (Å²) < 4.78 is 2.19. The maximum absolute atomic E-state index is 12.2.